The molecule has 0 radical (unpaired) electrons. The van der Waals surface area contributed by atoms with E-state index in [0.29, 0.717) is 22.7 Å². The maximum absolute atomic E-state index is 12.7. The molecule has 0 unspecified atom stereocenters. The topological polar surface area (TPSA) is 47.3 Å². The van der Waals surface area contributed by atoms with Crippen LogP contribution in [0.3, 0.4) is 0 Å². The summed E-state index contributed by atoms with van der Waals surface area (Å²) in [6, 6.07) is 10.2. The number of halogens is 3. The van der Waals surface area contributed by atoms with Gasteiger partial charge < -0.3 is 0 Å². The first-order valence-electron chi connectivity index (χ1n) is 7.97. The van der Waals surface area contributed by atoms with Crippen molar-refractivity contribution >= 4 is 11.4 Å². The third kappa shape index (κ3) is 3.14. The van der Waals surface area contributed by atoms with E-state index in [1.165, 1.54) is 12.1 Å². The van der Waals surface area contributed by atoms with Crippen molar-refractivity contribution in [3.63, 3.8) is 0 Å². The second-order valence-electron chi connectivity index (χ2n) is 6.20. The Morgan fingerprint density at radius 3 is 2.48 bits per heavy atom. The predicted molar refractivity (Wildman–Crippen MR) is 84.9 cm³/mol. The average molecular weight is 345 g/mol. The summed E-state index contributed by atoms with van der Waals surface area (Å²) >= 11 is 0. The lowest BCUT2D eigenvalue weighted by atomic mass is 10.1. The highest BCUT2D eigenvalue weighted by atomic mass is 19.4. The molecule has 0 spiro atoms. The van der Waals surface area contributed by atoms with Gasteiger partial charge in [0.15, 0.2) is 11.5 Å². The fourth-order valence-corrected chi connectivity index (χ4v) is 2.78. The molecule has 2 heterocycles. The van der Waals surface area contributed by atoms with E-state index in [9.17, 15) is 18.0 Å². The Labute approximate surface area is 141 Å². The number of aromatic nitrogens is 3. The van der Waals surface area contributed by atoms with Crippen LogP contribution in [-0.4, -0.2) is 20.4 Å². The molecule has 1 aliphatic rings. The third-order valence-corrected chi connectivity index (χ3v) is 4.28. The van der Waals surface area contributed by atoms with Crippen LogP contribution in [0, 0.1) is 5.92 Å². The van der Waals surface area contributed by atoms with Gasteiger partial charge in [-0.25, -0.2) is 9.50 Å². The Hall–Kier alpha value is -2.70. The van der Waals surface area contributed by atoms with Crippen molar-refractivity contribution < 1.29 is 18.0 Å². The summed E-state index contributed by atoms with van der Waals surface area (Å²) in [4.78, 5) is 16.3. The van der Waals surface area contributed by atoms with Crippen LogP contribution in [0.15, 0.2) is 42.5 Å². The van der Waals surface area contributed by atoms with Crippen LogP contribution in [0.4, 0.5) is 13.2 Å². The first-order valence-corrected chi connectivity index (χ1v) is 7.97. The summed E-state index contributed by atoms with van der Waals surface area (Å²) in [5.41, 5.74) is 1.10. The first-order chi connectivity index (χ1) is 11.9. The Morgan fingerprint density at radius 1 is 1.12 bits per heavy atom. The maximum atomic E-state index is 12.7. The lowest BCUT2D eigenvalue weighted by Gasteiger charge is -2.08. The molecule has 0 amide bonds. The van der Waals surface area contributed by atoms with Crippen LogP contribution < -0.4 is 0 Å². The van der Waals surface area contributed by atoms with E-state index >= 15 is 0 Å². The Bertz CT molecular complexity index is 940. The molecule has 4 rings (SSSR count). The minimum atomic E-state index is -4.37. The first kappa shape index (κ1) is 15.8. The molecule has 1 aliphatic carbocycles. The average Bonchev–Trinajstić information content (AvgIpc) is 3.34. The van der Waals surface area contributed by atoms with Gasteiger partial charge in [-0.1, -0.05) is 18.2 Å². The number of pyridine rings is 1. The zero-order chi connectivity index (χ0) is 17.6. The van der Waals surface area contributed by atoms with Crippen LogP contribution in [-0.2, 0) is 17.4 Å². The normalized spacial score (nSPS) is 14.8. The van der Waals surface area contributed by atoms with Gasteiger partial charge in [0.05, 0.1) is 17.7 Å². The zero-order valence-corrected chi connectivity index (χ0v) is 13.1. The lowest BCUT2D eigenvalue weighted by molar-refractivity contribution is -0.137. The van der Waals surface area contributed by atoms with Crippen molar-refractivity contribution in [2.75, 3.05) is 0 Å². The highest BCUT2D eigenvalue weighted by Gasteiger charge is 2.31. The molecule has 1 aromatic carbocycles. The monoisotopic (exact) mass is 345 g/mol. The Morgan fingerprint density at radius 2 is 1.84 bits per heavy atom. The van der Waals surface area contributed by atoms with Crippen LogP contribution in [0.25, 0.3) is 16.9 Å². The minimum Gasteiger partial charge on any atom is -0.299 e. The fraction of sp³-hybridized carbons (Fsp3) is 0.278. The molecule has 1 fully saturated rings. The minimum absolute atomic E-state index is 0.140. The van der Waals surface area contributed by atoms with Gasteiger partial charge in [0.1, 0.15) is 5.78 Å². The summed E-state index contributed by atoms with van der Waals surface area (Å²) in [6.07, 6.45) is -2.31. The van der Waals surface area contributed by atoms with Gasteiger partial charge in [0.2, 0.25) is 0 Å². The van der Waals surface area contributed by atoms with Crippen LogP contribution in [0.2, 0.25) is 0 Å². The molecular formula is C18H14F3N3O. The molecule has 25 heavy (non-hydrogen) atoms. The number of hydrogen-bond donors (Lipinski definition) is 0. The largest absolute Gasteiger partial charge is 0.416 e. The quantitative estimate of drug-likeness (QED) is 0.720. The fourth-order valence-electron chi connectivity index (χ4n) is 2.78. The predicted octanol–water partition coefficient (Wildman–Crippen LogP) is 3.94. The van der Waals surface area contributed by atoms with E-state index in [4.69, 9.17) is 0 Å². The molecule has 0 atom stereocenters. The van der Waals surface area contributed by atoms with E-state index in [2.05, 4.69) is 10.1 Å². The van der Waals surface area contributed by atoms with E-state index in [1.54, 1.807) is 22.7 Å². The summed E-state index contributed by atoms with van der Waals surface area (Å²) in [5, 5.41) is 4.37. The van der Waals surface area contributed by atoms with Gasteiger partial charge >= 0.3 is 6.18 Å². The lowest BCUT2D eigenvalue weighted by Crippen LogP contribution is -2.06. The van der Waals surface area contributed by atoms with E-state index in [0.717, 1.165) is 25.0 Å². The second-order valence-corrected chi connectivity index (χ2v) is 6.20. The number of alkyl halides is 3. The van der Waals surface area contributed by atoms with Gasteiger partial charge in [-0.05, 0) is 37.1 Å². The van der Waals surface area contributed by atoms with Crippen molar-refractivity contribution in [3.05, 3.63) is 53.9 Å². The molecule has 4 nitrogen and oxygen atoms in total. The Kier molecular flexibility index (Phi) is 3.59. The van der Waals surface area contributed by atoms with Crippen LogP contribution in [0.1, 0.15) is 24.2 Å². The SMILES string of the molecule is O=C(Cc1nc2cccc(-c3ccc(C(F)(F)F)cc3)n2n1)C1CC1. The van der Waals surface area contributed by atoms with Gasteiger partial charge in [-0.2, -0.15) is 18.3 Å². The standard InChI is InChI=1S/C18H14F3N3O/c19-18(20,21)13-8-6-11(7-9-13)14-2-1-3-17-22-16(23-24(14)17)10-15(25)12-4-5-12/h1-3,6-9,12H,4-5,10H2. The number of carbonyl (C=O) groups is 1. The van der Waals surface area contributed by atoms with Crippen molar-refractivity contribution in [2.45, 2.75) is 25.4 Å². The smallest absolute Gasteiger partial charge is 0.299 e. The molecule has 3 aromatic rings. The van der Waals surface area contributed by atoms with Crippen molar-refractivity contribution in [3.8, 4) is 11.3 Å². The molecule has 128 valence electrons. The number of carbonyl (C=O) groups excluding carboxylic acids is 1. The summed E-state index contributed by atoms with van der Waals surface area (Å²) in [6.45, 7) is 0. The highest BCUT2D eigenvalue weighted by Crippen LogP contribution is 2.32. The molecule has 0 N–H and O–H groups in total. The molecule has 2 aromatic heterocycles. The van der Waals surface area contributed by atoms with Crippen molar-refractivity contribution in [1.29, 1.82) is 0 Å². The molecule has 7 heteroatoms. The van der Waals surface area contributed by atoms with E-state index in [-0.39, 0.29) is 18.1 Å². The molecule has 0 saturated heterocycles. The number of ketones is 1. The number of Topliss-reactive ketones (excluding diaryl/α,β-unsaturated/α-hetero) is 1. The van der Waals surface area contributed by atoms with E-state index < -0.39 is 11.7 Å². The molecule has 0 bridgehead atoms. The van der Waals surface area contributed by atoms with Crippen molar-refractivity contribution in [1.82, 2.24) is 14.6 Å². The van der Waals surface area contributed by atoms with Crippen molar-refractivity contribution in [2.24, 2.45) is 5.92 Å². The van der Waals surface area contributed by atoms with Gasteiger partial charge in [0, 0.05) is 11.5 Å². The number of hydrogen-bond acceptors (Lipinski definition) is 3. The number of benzene rings is 1. The van der Waals surface area contributed by atoms with Gasteiger partial charge in [-0.3, -0.25) is 4.79 Å². The summed E-state index contributed by atoms with van der Waals surface area (Å²) in [7, 11) is 0. The zero-order valence-electron chi connectivity index (χ0n) is 13.1. The van der Waals surface area contributed by atoms with Gasteiger partial charge in [-0.15, -0.1) is 0 Å². The summed E-state index contributed by atoms with van der Waals surface area (Å²) in [5.74, 6) is 0.726. The van der Waals surface area contributed by atoms with Crippen LogP contribution >= 0.6 is 0 Å². The number of rotatable bonds is 4. The third-order valence-electron chi connectivity index (χ3n) is 4.28. The Balaban J connectivity index is 1.69. The van der Waals surface area contributed by atoms with E-state index in [1.807, 2.05) is 0 Å². The number of fused-ring (bicyclic) bond motifs is 1. The highest BCUT2D eigenvalue weighted by molar-refractivity contribution is 5.84. The summed E-state index contributed by atoms with van der Waals surface area (Å²) < 4.78 is 39.7. The van der Waals surface area contributed by atoms with Crippen LogP contribution in [0.5, 0.6) is 0 Å². The maximum Gasteiger partial charge on any atom is 0.416 e. The van der Waals surface area contributed by atoms with Gasteiger partial charge in [0.25, 0.3) is 0 Å². The molecular weight excluding hydrogens is 331 g/mol. The molecule has 1 saturated carbocycles. The second kappa shape index (κ2) is 5.68. The molecule has 0 aliphatic heterocycles. The number of nitrogens with zero attached hydrogens (tertiary/aromatic N) is 3.